The van der Waals surface area contributed by atoms with Gasteiger partial charge in [0.25, 0.3) is 0 Å². The maximum absolute atomic E-state index is 11.6. The summed E-state index contributed by atoms with van der Waals surface area (Å²) in [4.78, 5) is 17.5. The summed E-state index contributed by atoms with van der Waals surface area (Å²) in [6.45, 7) is 1.77. The third-order valence-electron chi connectivity index (χ3n) is 3.49. The molecule has 1 saturated heterocycles. The molecule has 1 amide bonds. The summed E-state index contributed by atoms with van der Waals surface area (Å²) in [5.74, 6) is 0.715. The number of hydrogen-bond donors (Lipinski definition) is 1. The summed E-state index contributed by atoms with van der Waals surface area (Å²) in [7, 11) is 0. The van der Waals surface area contributed by atoms with Gasteiger partial charge in [-0.1, -0.05) is 33.2 Å². The first-order valence-corrected chi connectivity index (χ1v) is 7.38. The van der Waals surface area contributed by atoms with E-state index in [0.29, 0.717) is 24.7 Å². The molecule has 0 bridgehead atoms. The lowest BCUT2D eigenvalue weighted by Crippen LogP contribution is -2.29. The lowest BCUT2D eigenvalue weighted by molar-refractivity contribution is -0.130. The number of aromatic nitrogens is 2. The Morgan fingerprint density at radius 2 is 2.33 bits per heavy atom. The fourth-order valence-electron chi connectivity index (χ4n) is 2.51. The summed E-state index contributed by atoms with van der Waals surface area (Å²) in [5.41, 5.74) is 0.826. The van der Waals surface area contributed by atoms with E-state index in [9.17, 15) is 9.90 Å². The van der Waals surface area contributed by atoms with Gasteiger partial charge < -0.3 is 14.5 Å². The smallest absolute Gasteiger partial charge is 0.249 e. The molecular formula is C14H14BrN3O3. The number of hydrogen-bond acceptors (Lipinski definition) is 5. The van der Waals surface area contributed by atoms with Gasteiger partial charge in [0.2, 0.25) is 17.6 Å². The number of amides is 1. The van der Waals surface area contributed by atoms with Gasteiger partial charge in [-0.05, 0) is 12.1 Å². The molecule has 0 aliphatic carbocycles. The summed E-state index contributed by atoms with van der Waals surface area (Å²) < 4.78 is 6.21. The van der Waals surface area contributed by atoms with Crippen molar-refractivity contribution in [2.45, 2.75) is 25.5 Å². The quantitative estimate of drug-likeness (QED) is 0.896. The molecular weight excluding hydrogens is 338 g/mol. The van der Waals surface area contributed by atoms with Crippen LogP contribution < -0.4 is 0 Å². The Labute approximate surface area is 129 Å². The Balaban J connectivity index is 1.89. The van der Waals surface area contributed by atoms with Crippen LogP contribution in [0.4, 0.5) is 0 Å². The molecule has 7 heteroatoms. The van der Waals surface area contributed by atoms with E-state index in [1.54, 1.807) is 4.90 Å². The fraction of sp³-hybridized carbons (Fsp3) is 0.357. The highest BCUT2D eigenvalue weighted by atomic mass is 79.9. The fourth-order valence-corrected chi connectivity index (χ4v) is 2.91. The number of aliphatic hydroxyl groups is 1. The number of likely N-dealkylation sites (tertiary alicyclic amines) is 1. The second-order valence-electron chi connectivity index (χ2n) is 5.04. The van der Waals surface area contributed by atoms with Gasteiger partial charge in [0.15, 0.2) is 0 Å². The number of benzene rings is 1. The van der Waals surface area contributed by atoms with Gasteiger partial charge in [0.1, 0.15) is 6.04 Å². The average Bonchev–Trinajstić information content (AvgIpc) is 3.04. The molecule has 0 radical (unpaired) electrons. The average molecular weight is 352 g/mol. The van der Waals surface area contributed by atoms with Crippen molar-refractivity contribution in [3.8, 4) is 11.4 Å². The van der Waals surface area contributed by atoms with E-state index < -0.39 is 6.10 Å². The van der Waals surface area contributed by atoms with Gasteiger partial charge in [0.05, 0.1) is 6.10 Å². The molecule has 0 saturated carbocycles. The summed E-state index contributed by atoms with van der Waals surface area (Å²) in [6, 6.07) is 7.21. The summed E-state index contributed by atoms with van der Waals surface area (Å²) in [6.07, 6.45) is -0.139. The van der Waals surface area contributed by atoms with Gasteiger partial charge in [0, 0.05) is 29.9 Å². The van der Waals surface area contributed by atoms with E-state index in [0.717, 1.165) is 10.0 Å². The second-order valence-corrected chi connectivity index (χ2v) is 5.96. The Morgan fingerprint density at radius 3 is 3.05 bits per heavy atom. The first kappa shape index (κ1) is 14.2. The number of rotatable bonds is 2. The van der Waals surface area contributed by atoms with E-state index in [2.05, 4.69) is 26.1 Å². The topological polar surface area (TPSA) is 79.5 Å². The first-order chi connectivity index (χ1) is 10.0. The Bertz CT molecular complexity index is 673. The molecule has 1 fully saturated rings. The van der Waals surface area contributed by atoms with E-state index in [-0.39, 0.29) is 11.9 Å². The third-order valence-corrected chi connectivity index (χ3v) is 3.99. The molecule has 1 aliphatic heterocycles. The predicted molar refractivity (Wildman–Crippen MR) is 78.2 cm³/mol. The van der Waals surface area contributed by atoms with Crippen molar-refractivity contribution in [2.75, 3.05) is 6.54 Å². The number of carbonyl (C=O) groups excluding carboxylic acids is 1. The normalized spacial score (nSPS) is 21.8. The van der Waals surface area contributed by atoms with Crippen LogP contribution in [0.1, 0.15) is 25.3 Å². The van der Waals surface area contributed by atoms with Crippen molar-refractivity contribution in [1.29, 1.82) is 0 Å². The van der Waals surface area contributed by atoms with E-state index in [4.69, 9.17) is 4.52 Å². The molecule has 2 unspecified atom stereocenters. The monoisotopic (exact) mass is 351 g/mol. The highest BCUT2D eigenvalue weighted by molar-refractivity contribution is 9.10. The molecule has 2 heterocycles. The van der Waals surface area contributed by atoms with Crippen molar-refractivity contribution in [3.63, 3.8) is 0 Å². The highest BCUT2D eigenvalue weighted by Crippen LogP contribution is 2.32. The van der Waals surface area contributed by atoms with Gasteiger partial charge in [-0.2, -0.15) is 4.98 Å². The molecule has 6 nitrogen and oxygen atoms in total. The lowest BCUT2D eigenvalue weighted by Gasteiger charge is -2.19. The largest absolute Gasteiger partial charge is 0.391 e. The van der Waals surface area contributed by atoms with Crippen LogP contribution in [-0.2, 0) is 4.79 Å². The van der Waals surface area contributed by atoms with Crippen LogP contribution >= 0.6 is 15.9 Å². The minimum Gasteiger partial charge on any atom is -0.391 e. The van der Waals surface area contributed by atoms with E-state index in [1.807, 2.05) is 24.3 Å². The number of nitrogens with zero attached hydrogens (tertiary/aromatic N) is 3. The molecule has 110 valence electrons. The number of aliphatic hydroxyl groups excluding tert-OH is 1. The Hall–Kier alpha value is -1.73. The van der Waals surface area contributed by atoms with Crippen LogP contribution in [0.25, 0.3) is 11.4 Å². The third kappa shape index (κ3) is 2.84. The number of carbonyl (C=O) groups is 1. The molecule has 1 aliphatic rings. The van der Waals surface area contributed by atoms with Gasteiger partial charge in [-0.15, -0.1) is 0 Å². The van der Waals surface area contributed by atoms with Crippen molar-refractivity contribution >= 4 is 21.8 Å². The van der Waals surface area contributed by atoms with Crippen LogP contribution in [0.3, 0.4) is 0 Å². The number of halogens is 1. The molecule has 0 spiro atoms. The van der Waals surface area contributed by atoms with E-state index >= 15 is 0 Å². The van der Waals surface area contributed by atoms with Crippen LogP contribution in [0.2, 0.25) is 0 Å². The molecule has 1 aromatic heterocycles. The van der Waals surface area contributed by atoms with Crippen molar-refractivity contribution in [3.05, 3.63) is 34.6 Å². The molecule has 2 atom stereocenters. The van der Waals surface area contributed by atoms with Crippen molar-refractivity contribution in [1.82, 2.24) is 15.0 Å². The van der Waals surface area contributed by atoms with E-state index in [1.165, 1.54) is 6.92 Å². The predicted octanol–water partition coefficient (Wildman–Crippen LogP) is 2.15. The first-order valence-electron chi connectivity index (χ1n) is 6.59. The zero-order chi connectivity index (χ0) is 15.0. The van der Waals surface area contributed by atoms with Crippen molar-refractivity contribution in [2.24, 2.45) is 0 Å². The molecule has 3 rings (SSSR count). The molecule has 1 aromatic carbocycles. The Morgan fingerprint density at radius 1 is 1.52 bits per heavy atom. The van der Waals surface area contributed by atoms with Crippen molar-refractivity contribution < 1.29 is 14.4 Å². The molecule has 2 aromatic rings. The number of β-amino-alcohol motifs (C(OH)–C–C–N with tert-alkyl or cyclic N) is 1. The molecule has 21 heavy (non-hydrogen) atoms. The van der Waals surface area contributed by atoms with Gasteiger partial charge in [-0.25, -0.2) is 0 Å². The minimum absolute atomic E-state index is 0.112. The Kier molecular flexibility index (Phi) is 3.77. The lowest BCUT2D eigenvalue weighted by atomic mass is 10.2. The molecule has 1 N–H and O–H groups in total. The summed E-state index contributed by atoms with van der Waals surface area (Å²) >= 11 is 3.40. The maximum atomic E-state index is 11.6. The summed E-state index contributed by atoms with van der Waals surface area (Å²) in [5, 5.41) is 13.7. The minimum atomic E-state index is -0.555. The van der Waals surface area contributed by atoms with Crippen LogP contribution in [-0.4, -0.2) is 38.7 Å². The van der Waals surface area contributed by atoms with Crippen LogP contribution in [0, 0.1) is 0 Å². The zero-order valence-corrected chi connectivity index (χ0v) is 12.9. The highest BCUT2D eigenvalue weighted by Gasteiger charge is 2.37. The van der Waals surface area contributed by atoms with Crippen LogP contribution in [0.15, 0.2) is 33.3 Å². The second kappa shape index (κ2) is 5.57. The SMILES string of the molecule is CC(=O)N1CC(O)CC1c1nc(-c2cccc(Br)c2)no1. The van der Waals surface area contributed by atoms with Gasteiger partial charge in [-0.3, -0.25) is 4.79 Å². The van der Waals surface area contributed by atoms with Crippen LogP contribution in [0.5, 0.6) is 0 Å². The standard InChI is InChI=1S/C14H14BrN3O3/c1-8(19)18-7-11(20)6-12(18)14-16-13(17-21-14)9-3-2-4-10(15)5-9/h2-5,11-12,20H,6-7H2,1H3. The zero-order valence-electron chi connectivity index (χ0n) is 11.4. The maximum Gasteiger partial charge on any atom is 0.249 e. The van der Waals surface area contributed by atoms with Gasteiger partial charge >= 0.3 is 0 Å².